The van der Waals surface area contributed by atoms with E-state index in [1.54, 1.807) is 13.8 Å². The van der Waals surface area contributed by atoms with E-state index in [2.05, 4.69) is 67.3 Å². The van der Waals surface area contributed by atoms with E-state index in [0.717, 1.165) is 96.6 Å². The summed E-state index contributed by atoms with van der Waals surface area (Å²) in [5.41, 5.74) is -0.482. The van der Waals surface area contributed by atoms with Crippen molar-refractivity contribution in [3.05, 3.63) is 12.2 Å². The van der Waals surface area contributed by atoms with Crippen LogP contribution in [0.2, 0.25) is 0 Å². The van der Waals surface area contributed by atoms with Crippen molar-refractivity contribution in [3.8, 4) is 0 Å². The number of nitrogens with one attached hydrogen (secondary N) is 1. The number of allylic oxidation sites excluding steroid dienone is 1. The predicted octanol–water partition coefficient (Wildman–Crippen LogP) is 9.21. The van der Waals surface area contributed by atoms with E-state index >= 15 is 0 Å². The number of rotatable bonds is 8. The first-order valence-electron chi connectivity index (χ1n) is 22.2. The molecule has 2 N–H and O–H groups in total. The highest BCUT2D eigenvalue weighted by Gasteiger charge is 2.72. The van der Waals surface area contributed by atoms with Gasteiger partial charge in [-0.15, -0.1) is 0 Å². The standard InChI is InChI=1S/C47H74N2O6/c1-28(2)29-16-21-47(39(52)48-34-26-31(42(34,5)6)38(51)49-24-12-13-25-49)23-22-45(10)30(37(29)47)14-15-33-44(9)19-18-35(55-36(50)27-41(3,4)40(53)54)43(7,8)32(44)17-20-46(33,45)11/h29-35,37H,1,12-27H2,2-11H3,(H,48,52)(H,53,54)/t29-,30+,31-,32-,33+,34-,35-,37+,44-,45+,46+,47-/m0/s1. The van der Waals surface area contributed by atoms with Crippen molar-refractivity contribution < 1.29 is 29.0 Å². The van der Waals surface area contributed by atoms with E-state index in [1.165, 1.54) is 5.57 Å². The summed E-state index contributed by atoms with van der Waals surface area (Å²) in [6.07, 6.45) is 12.8. The van der Waals surface area contributed by atoms with E-state index in [-0.39, 0.29) is 69.3 Å². The van der Waals surface area contributed by atoms with Gasteiger partial charge in [0.25, 0.3) is 0 Å². The predicted molar refractivity (Wildman–Crippen MR) is 215 cm³/mol. The maximum absolute atomic E-state index is 15.0. The third-order valence-electron chi connectivity index (χ3n) is 19.2. The van der Waals surface area contributed by atoms with Crippen LogP contribution in [0.4, 0.5) is 0 Å². The van der Waals surface area contributed by atoms with Gasteiger partial charge in [0.05, 0.1) is 17.3 Å². The number of hydrogen-bond acceptors (Lipinski definition) is 5. The zero-order valence-electron chi connectivity index (χ0n) is 36.1. The molecule has 8 heteroatoms. The van der Waals surface area contributed by atoms with E-state index in [9.17, 15) is 24.3 Å². The molecule has 0 bridgehead atoms. The summed E-state index contributed by atoms with van der Waals surface area (Å²) in [7, 11) is 0. The Labute approximate surface area is 332 Å². The monoisotopic (exact) mass is 763 g/mol. The Bertz CT molecular complexity index is 1610. The molecule has 12 atom stereocenters. The minimum Gasteiger partial charge on any atom is -0.481 e. The van der Waals surface area contributed by atoms with Gasteiger partial charge in [-0.2, -0.15) is 0 Å². The fraction of sp³-hybridized carbons (Fsp3) is 0.872. The summed E-state index contributed by atoms with van der Waals surface area (Å²) in [5, 5.41) is 13.3. The topological polar surface area (TPSA) is 113 Å². The molecular weight excluding hydrogens is 689 g/mol. The van der Waals surface area contributed by atoms with E-state index in [1.807, 2.05) is 4.90 Å². The Balaban J connectivity index is 1.11. The molecule has 0 aromatic heterocycles. The van der Waals surface area contributed by atoms with Crippen molar-refractivity contribution in [2.24, 2.45) is 73.4 Å². The highest BCUT2D eigenvalue weighted by molar-refractivity contribution is 5.86. The van der Waals surface area contributed by atoms with E-state index < -0.39 is 22.8 Å². The lowest BCUT2D eigenvalue weighted by atomic mass is 9.32. The van der Waals surface area contributed by atoms with Crippen molar-refractivity contribution in [2.75, 3.05) is 13.1 Å². The number of hydrogen-bond donors (Lipinski definition) is 2. The van der Waals surface area contributed by atoms with Crippen LogP contribution >= 0.6 is 0 Å². The number of nitrogens with zero attached hydrogens (tertiary/aromatic N) is 1. The van der Waals surface area contributed by atoms with Crippen molar-refractivity contribution in [1.29, 1.82) is 0 Å². The lowest BCUT2D eigenvalue weighted by molar-refractivity contribution is -0.249. The molecule has 8 nitrogen and oxygen atoms in total. The van der Waals surface area contributed by atoms with Gasteiger partial charge in [-0.05, 0) is 155 Å². The van der Waals surface area contributed by atoms with Gasteiger partial charge in [-0.25, -0.2) is 0 Å². The lowest BCUT2D eigenvalue weighted by Crippen LogP contribution is -2.68. The number of esters is 1. The van der Waals surface area contributed by atoms with Gasteiger partial charge in [0, 0.05) is 30.5 Å². The number of carboxylic acids is 1. The van der Waals surface area contributed by atoms with Crippen LogP contribution in [-0.2, 0) is 23.9 Å². The van der Waals surface area contributed by atoms with Crippen LogP contribution in [-0.4, -0.2) is 59.0 Å². The number of aliphatic carboxylic acids is 1. The lowest BCUT2D eigenvalue weighted by Gasteiger charge is -2.73. The molecule has 0 spiro atoms. The van der Waals surface area contributed by atoms with Gasteiger partial charge in [-0.3, -0.25) is 19.2 Å². The Kier molecular flexibility index (Phi) is 9.89. The number of ether oxygens (including phenoxy) is 1. The molecule has 0 aromatic rings. The average molecular weight is 763 g/mol. The molecule has 2 amide bonds. The minimum atomic E-state index is -1.16. The fourth-order valence-corrected chi connectivity index (χ4v) is 15.4. The van der Waals surface area contributed by atoms with Gasteiger partial charge in [0.1, 0.15) is 6.10 Å². The normalized spacial score (nSPS) is 44.1. The minimum absolute atomic E-state index is 0.0199. The van der Waals surface area contributed by atoms with Gasteiger partial charge in [-0.1, -0.05) is 60.6 Å². The smallest absolute Gasteiger partial charge is 0.309 e. The summed E-state index contributed by atoms with van der Waals surface area (Å²) in [6.45, 7) is 28.4. The molecule has 6 aliphatic carbocycles. The molecule has 308 valence electrons. The second-order valence-corrected chi connectivity index (χ2v) is 22.7. The second kappa shape index (κ2) is 13.3. The first-order chi connectivity index (χ1) is 25.5. The van der Waals surface area contributed by atoms with Crippen molar-refractivity contribution in [1.82, 2.24) is 10.2 Å². The first kappa shape index (κ1) is 40.8. The Morgan fingerprint density at radius 3 is 2.11 bits per heavy atom. The van der Waals surface area contributed by atoms with Crippen LogP contribution in [0.25, 0.3) is 0 Å². The molecule has 0 unspecified atom stereocenters. The summed E-state index contributed by atoms with van der Waals surface area (Å²) < 4.78 is 6.19. The van der Waals surface area contributed by atoms with Crippen LogP contribution in [0.3, 0.4) is 0 Å². The van der Waals surface area contributed by atoms with Gasteiger partial charge >= 0.3 is 11.9 Å². The highest BCUT2D eigenvalue weighted by Crippen LogP contribution is 2.77. The van der Waals surface area contributed by atoms with Crippen LogP contribution in [0, 0.1) is 73.4 Å². The van der Waals surface area contributed by atoms with E-state index in [4.69, 9.17) is 4.74 Å². The van der Waals surface area contributed by atoms with Crippen LogP contribution in [0.5, 0.6) is 0 Å². The second-order valence-electron chi connectivity index (χ2n) is 22.7. The highest BCUT2D eigenvalue weighted by atomic mass is 16.5. The zero-order valence-corrected chi connectivity index (χ0v) is 36.1. The number of fused-ring (bicyclic) bond motifs is 7. The molecule has 1 saturated heterocycles. The largest absolute Gasteiger partial charge is 0.481 e. The Hall–Kier alpha value is -2.38. The summed E-state index contributed by atoms with van der Waals surface area (Å²) in [4.78, 5) is 55.4. The molecule has 1 aliphatic heterocycles. The molecule has 6 saturated carbocycles. The number of carboxylic acid groups (broad SMARTS) is 1. The van der Waals surface area contributed by atoms with Gasteiger partial charge in [0.2, 0.25) is 11.8 Å². The zero-order chi connectivity index (χ0) is 40.3. The van der Waals surface area contributed by atoms with Crippen molar-refractivity contribution >= 4 is 23.8 Å². The molecule has 7 rings (SSSR count). The van der Waals surface area contributed by atoms with Crippen LogP contribution in [0.1, 0.15) is 159 Å². The van der Waals surface area contributed by atoms with Crippen LogP contribution < -0.4 is 5.32 Å². The van der Waals surface area contributed by atoms with Crippen LogP contribution in [0.15, 0.2) is 12.2 Å². The van der Waals surface area contributed by atoms with Crippen molar-refractivity contribution in [2.45, 2.75) is 171 Å². The third-order valence-corrected chi connectivity index (χ3v) is 19.2. The summed E-state index contributed by atoms with van der Waals surface area (Å²) in [5.74, 6) is 1.12. The molecule has 0 aromatic carbocycles. The third kappa shape index (κ3) is 5.91. The molecule has 1 heterocycles. The molecule has 7 fully saturated rings. The quantitative estimate of drug-likeness (QED) is 0.188. The van der Waals surface area contributed by atoms with Gasteiger partial charge in [0.15, 0.2) is 0 Å². The Morgan fingerprint density at radius 2 is 1.49 bits per heavy atom. The number of amides is 2. The van der Waals surface area contributed by atoms with Crippen molar-refractivity contribution in [3.63, 3.8) is 0 Å². The maximum atomic E-state index is 15.0. The molecule has 7 aliphatic rings. The number of likely N-dealkylation sites (tertiary alicyclic amines) is 1. The fourth-order valence-electron chi connectivity index (χ4n) is 15.4. The maximum Gasteiger partial charge on any atom is 0.309 e. The summed E-state index contributed by atoms with van der Waals surface area (Å²) in [6, 6.07) is 0.0219. The number of carbonyl (C=O) groups excluding carboxylic acids is 3. The molecule has 0 radical (unpaired) electrons. The molecular formula is C47H74N2O6. The van der Waals surface area contributed by atoms with E-state index in [0.29, 0.717) is 23.7 Å². The average Bonchev–Trinajstić information content (AvgIpc) is 3.77. The number of carbonyl (C=O) groups is 4. The Morgan fingerprint density at radius 1 is 0.818 bits per heavy atom. The first-order valence-corrected chi connectivity index (χ1v) is 22.2. The van der Waals surface area contributed by atoms with Gasteiger partial charge < -0.3 is 20.1 Å². The summed E-state index contributed by atoms with van der Waals surface area (Å²) >= 11 is 0. The molecule has 55 heavy (non-hydrogen) atoms. The SMILES string of the molecule is C=C(C)[C@@H]1CC[C@]2(C(=O)N[C@H]3C[C@@H](C(=O)N4CCCC4)C3(C)C)CC[C@]3(C)[C@H](CC[C@@H]4[C@@]5(C)CC[C@H](OC(=O)CC(C)(C)C(=O)O)C(C)(C)[C@@H]5CC[C@]43C)[C@@H]12.